The molecule has 2 rings (SSSR count). The van der Waals surface area contributed by atoms with E-state index in [0.29, 0.717) is 5.92 Å². The summed E-state index contributed by atoms with van der Waals surface area (Å²) in [6, 6.07) is 8.79. The van der Waals surface area contributed by atoms with Gasteiger partial charge in [0.25, 0.3) is 0 Å². The van der Waals surface area contributed by atoms with E-state index in [2.05, 4.69) is 52.4 Å². The van der Waals surface area contributed by atoms with Crippen LogP contribution >= 0.6 is 15.9 Å². The molecule has 0 saturated carbocycles. The molecule has 1 aliphatic rings. The molecule has 1 N–H and O–H groups in total. The topological polar surface area (TPSA) is 12.0 Å². The Morgan fingerprint density at radius 2 is 1.88 bits per heavy atom. The molecule has 0 spiro atoms. The maximum atomic E-state index is 3.48. The molecule has 1 saturated heterocycles. The molecule has 0 amide bonds. The second-order valence-electron chi connectivity index (χ2n) is 4.88. The van der Waals surface area contributed by atoms with Crippen LogP contribution in [0.2, 0.25) is 0 Å². The van der Waals surface area contributed by atoms with Gasteiger partial charge in [-0.3, -0.25) is 0 Å². The minimum absolute atomic E-state index is 0.691. The quantitative estimate of drug-likeness (QED) is 0.885. The van der Waals surface area contributed by atoms with Gasteiger partial charge in [-0.15, -0.1) is 0 Å². The van der Waals surface area contributed by atoms with E-state index in [9.17, 15) is 0 Å². The standard InChI is InChI=1S/C14H20BrN/c1-11(10-12-6-8-16-9-7-12)13-2-4-14(15)5-3-13/h2-5,11-12,16H,6-10H2,1H3. The van der Waals surface area contributed by atoms with E-state index in [0.717, 1.165) is 5.92 Å². The fraction of sp³-hybridized carbons (Fsp3) is 0.571. The lowest BCUT2D eigenvalue weighted by atomic mass is 9.85. The van der Waals surface area contributed by atoms with Crippen LogP contribution in [0.5, 0.6) is 0 Å². The van der Waals surface area contributed by atoms with Crippen molar-refractivity contribution in [3.8, 4) is 0 Å². The summed E-state index contributed by atoms with van der Waals surface area (Å²) in [7, 11) is 0. The average Bonchev–Trinajstić information content (AvgIpc) is 2.31. The van der Waals surface area contributed by atoms with Gasteiger partial charge in [0.05, 0.1) is 0 Å². The summed E-state index contributed by atoms with van der Waals surface area (Å²) in [6.45, 7) is 4.76. The van der Waals surface area contributed by atoms with Crippen molar-refractivity contribution in [1.82, 2.24) is 5.32 Å². The molecule has 2 heteroatoms. The van der Waals surface area contributed by atoms with E-state index < -0.39 is 0 Å². The molecule has 16 heavy (non-hydrogen) atoms. The van der Waals surface area contributed by atoms with Crippen LogP contribution < -0.4 is 5.32 Å². The predicted molar refractivity (Wildman–Crippen MR) is 72.8 cm³/mol. The van der Waals surface area contributed by atoms with Crippen LogP contribution in [0.1, 0.15) is 37.7 Å². The van der Waals surface area contributed by atoms with Crippen LogP contribution in [-0.2, 0) is 0 Å². The molecule has 1 unspecified atom stereocenters. The summed E-state index contributed by atoms with van der Waals surface area (Å²) in [6.07, 6.45) is 4.03. The molecule has 0 aromatic heterocycles. The van der Waals surface area contributed by atoms with Gasteiger partial charge in [0.2, 0.25) is 0 Å². The normalized spacial score (nSPS) is 19.6. The molecule has 1 atom stereocenters. The first-order valence-corrected chi connectivity index (χ1v) is 7.01. The zero-order chi connectivity index (χ0) is 11.4. The Kier molecular flexibility index (Phi) is 4.42. The summed E-state index contributed by atoms with van der Waals surface area (Å²) >= 11 is 3.48. The lowest BCUT2D eigenvalue weighted by molar-refractivity contribution is 0.337. The van der Waals surface area contributed by atoms with Crippen molar-refractivity contribution in [3.63, 3.8) is 0 Å². The zero-order valence-electron chi connectivity index (χ0n) is 9.88. The van der Waals surface area contributed by atoms with Gasteiger partial charge in [0.1, 0.15) is 0 Å². The van der Waals surface area contributed by atoms with Crippen molar-refractivity contribution >= 4 is 15.9 Å². The highest BCUT2D eigenvalue weighted by atomic mass is 79.9. The van der Waals surface area contributed by atoms with Gasteiger partial charge in [-0.1, -0.05) is 35.0 Å². The van der Waals surface area contributed by atoms with Crippen molar-refractivity contribution in [1.29, 1.82) is 0 Å². The van der Waals surface area contributed by atoms with Crippen molar-refractivity contribution in [2.75, 3.05) is 13.1 Å². The second kappa shape index (κ2) is 5.83. The summed E-state index contributed by atoms with van der Waals surface area (Å²) in [5, 5.41) is 3.43. The maximum absolute atomic E-state index is 3.48. The van der Waals surface area contributed by atoms with Gasteiger partial charge in [-0.25, -0.2) is 0 Å². The Bertz CT molecular complexity index is 314. The fourth-order valence-corrected chi connectivity index (χ4v) is 2.81. The first kappa shape index (κ1) is 12.1. The number of benzene rings is 1. The van der Waals surface area contributed by atoms with Crippen LogP contribution in [-0.4, -0.2) is 13.1 Å². The Balaban J connectivity index is 1.91. The minimum Gasteiger partial charge on any atom is -0.317 e. The van der Waals surface area contributed by atoms with E-state index in [1.807, 2.05) is 0 Å². The summed E-state index contributed by atoms with van der Waals surface area (Å²) in [4.78, 5) is 0. The van der Waals surface area contributed by atoms with Crippen LogP contribution in [0.3, 0.4) is 0 Å². The molecular formula is C14H20BrN. The van der Waals surface area contributed by atoms with Gasteiger partial charge >= 0.3 is 0 Å². The number of hydrogen-bond acceptors (Lipinski definition) is 1. The number of nitrogens with one attached hydrogen (secondary N) is 1. The van der Waals surface area contributed by atoms with Crippen LogP contribution in [0.15, 0.2) is 28.7 Å². The van der Waals surface area contributed by atoms with E-state index in [4.69, 9.17) is 0 Å². The van der Waals surface area contributed by atoms with Crippen LogP contribution in [0, 0.1) is 5.92 Å². The summed E-state index contributed by atoms with van der Waals surface area (Å²) in [5.41, 5.74) is 1.47. The monoisotopic (exact) mass is 281 g/mol. The smallest absolute Gasteiger partial charge is 0.0175 e. The van der Waals surface area contributed by atoms with Crippen LogP contribution in [0.4, 0.5) is 0 Å². The van der Waals surface area contributed by atoms with Gasteiger partial charge in [-0.05, 0) is 61.9 Å². The lowest BCUT2D eigenvalue weighted by Gasteiger charge is -2.25. The van der Waals surface area contributed by atoms with Gasteiger partial charge < -0.3 is 5.32 Å². The largest absolute Gasteiger partial charge is 0.317 e. The summed E-state index contributed by atoms with van der Waals surface area (Å²) < 4.78 is 1.17. The van der Waals surface area contributed by atoms with Crippen molar-refractivity contribution < 1.29 is 0 Å². The number of rotatable bonds is 3. The van der Waals surface area contributed by atoms with E-state index >= 15 is 0 Å². The van der Waals surface area contributed by atoms with Gasteiger partial charge in [-0.2, -0.15) is 0 Å². The number of piperidine rings is 1. The first-order chi connectivity index (χ1) is 7.75. The molecule has 0 aliphatic carbocycles. The molecule has 1 aliphatic heterocycles. The van der Waals surface area contributed by atoms with E-state index in [-0.39, 0.29) is 0 Å². The molecule has 0 radical (unpaired) electrons. The highest BCUT2D eigenvalue weighted by Gasteiger charge is 2.16. The average molecular weight is 282 g/mol. The highest BCUT2D eigenvalue weighted by Crippen LogP contribution is 2.28. The molecule has 1 nitrogen and oxygen atoms in total. The molecule has 1 fully saturated rings. The first-order valence-electron chi connectivity index (χ1n) is 6.22. The third-order valence-corrected chi connectivity index (χ3v) is 4.11. The molecule has 1 aromatic rings. The van der Waals surface area contributed by atoms with E-state index in [1.165, 1.54) is 42.4 Å². The van der Waals surface area contributed by atoms with Crippen molar-refractivity contribution in [2.24, 2.45) is 5.92 Å². The third-order valence-electron chi connectivity index (χ3n) is 3.58. The Morgan fingerprint density at radius 1 is 1.25 bits per heavy atom. The molecule has 1 aromatic carbocycles. The predicted octanol–water partition coefficient (Wildman–Crippen LogP) is 3.94. The molecule has 1 heterocycles. The van der Waals surface area contributed by atoms with Crippen LogP contribution in [0.25, 0.3) is 0 Å². The SMILES string of the molecule is CC(CC1CCNCC1)c1ccc(Br)cc1. The Hall–Kier alpha value is -0.340. The number of halogens is 1. The number of hydrogen-bond donors (Lipinski definition) is 1. The van der Waals surface area contributed by atoms with Crippen molar-refractivity contribution in [2.45, 2.75) is 32.1 Å². The van der Waals surface area contributed by atoms with Crippen molar-refractivity contribution in [3.05, 3.63) is 34.3 Å². The fourth-order valence-electron chi connectivity index (χ4n) is 2.54. The van der Waals surface area contributed by atoms with Gasteiger partial charge in [0, 0.05) is 4.47 Å². The van der Waals surface area contributed by atoms with E-state index in [1.54, 1.807) is 0 Å². The summed E-state index contributed by atoms with van der Waals surface area (Å²) in [5.74, 6) is 1.61. The maximum Gasteiger partial charge on any atom is 0.0175 e. The zero-order valence-corrected chi connectivity index (χ0v) is 11.5. The second-order valence-corrected chi connectivity index (χ2v) is 5.80. The van der Waals surface area contributed by atoms with Gasteiger partial charge in [0.15, 0.2) is 0 Å². The minimum atomic E-state index is 0.691. The third kappa shape index (κ3) is 3.33. The molecule has 88 valence electrons. The molecule has 0 bridgehead atoms. The lowest BCUT2D eigenvalue weighted by Crippen LogP contribution is -2.28. The Labute approximate surface area is 107 Å². The molecular weight excluding hydrogens is 262 g/mol. The highest BCUT2D eigenvalue weighted by molar-refractivity contribution is 9.10. The Morgan fingerprint density at radius 3 is 2.50 bits per heavy atom.